The number of nitrogens with zero attached hydrogens (tertiary/aromatic N) is 4. The lowest BCUT2D eigenvalue weighted by Crippen LogP contribution is -2.04. The number of aromatic nitrogens is 4. The Balaban J connectivity index is 1.25. The zero-order valence-electron chi connectivity index (χ0n) is 30.0. The Morgan fingerprint density at radius 3 is 1.84 bits per heavy atom. The molecule has 5 heteroatoms. The van der Waals surface area contributed by atoms with Crippen molar-refractivity contribution in [1.29, 1.82) is 0 Å². The molecule has 12 rings (SSSR count). The Labute approximate surface area is 320 Å². The van der Waals surface area contributed by atoms with Crippen molar-refractivity contribution < 1.29 is 4.42 Å². The van der Waals surface area contributed by atoms with Gasteiger partial charge in [0, 0.05) is 32.7 Å². The molecule has 260 valence electrons. The smallest absolute Gasteiger partial charge is 0.166 e. The van der Waals surface area contributed by atoms with Crippen molar-refractivity contribution in [2.45, 2.75) is 0 Å². The van der Waals surface area contributed by atoms with Gasteiger partial charge >= 0.3 is 0 Å². The van der Waals surface area contributed by atoms with Crippen molar-refractivity contribution in [3.8, 4) is 39.9 Å². The van der Waals surface area contributed by atoms with Gasteiger partial charge in [0.05, 0.1) is 22.3 Å². The standard InChI is InChI=1S/C51H30N4O/c1-2-14-31(15-3-1)49-52-50(41-29-34-18-6-7-19-35(34)36-20-8-9-21-37(36)41)54-51(53-49)48-43(26-27-46-47(48)39-23-11-13-25-45(39)56-46)55-42-24-12-10-22-38(42)40-28-32-16-4-5-17-33(32)30-44(40)55/h1-30H. The lowest BCUT2D eigenvalue weighted by molar-refractivity contribution is 0.669. The van der Waals surface area contributed by atoms with Crippen LogP contribution in [0.1, 0.15) is 0 Å². The number of benzene rings is 9. The first-order chi connectivity index (χ1) is 27.8. The van der Waals surface area contributed by atoms with E-state index in [1.807, 2.05) is 30.3 Å². The molecule has 0 fully saturated rings. The van der Waals surface area contributed by atoms with E-state index in [-0.39, 0.29) is 0 Å². The minimum atomic E-state index is 0.574. The van der Waals surface area contributed by atoms with Crippen LogP contribution in [0.3, 0.4) is 0 Å². The number of rotatable bonds is 4. The zero-order chi connectivity index (χ0) is 36.7. The first kappa shape index (κ1) is 30.8. The minimum Gasteiger partial charge on any atom is -0.456 e. The molecule has 3 heterocycles. The van der Waals surface area contributed by atoms with Gasteiger partial charge in [-0.3, -0.25) is 0 Å². The lowest BCUT2D eigenvalue weighted by atomic mass is 9.96. The maximum absolute atomic E-state index is 6.57. The molecule has 0 saturated heterocycles. The third-order valence-electron chi connectivity index (χ3n) is 11.2. The van der Waals surface area contributed by atoms with E-state index in [4.69, 9.17) is 19.4 Å². The second kappa shape index (κ2) is 11.9. The van der Waals surface area contributed by atoms with E-state index in [0.717, 1.165) is 71.5 Å². The van der Waals surface area contributed by atoms with Gasteiger partial charge in [-0.25, -0.2) is 15.0 Å². The molecule has 9 aromatic carbocycles. The van der Waals surface area contributed by atoms with Gasteiger partial charge in [-0.05, 0) is 74.8 Å². The first-order valence-corrected chi connectivity index (χ1v) is 18.9. The maximum Gasteiger partial charge on any atom is 0.166 e. The summed E-state index contributed by atoms with van der Waals surface area (Å²) in [4.78, 5) is 16.1. The SMILES string of the molecule is c1ccc(-c2nc(-c3cc4ccccc4c4ccccc34)nc(-c3c(-n4c5ccccc5c5cc6ccccc6cc54)ccc4oc5ccccc5c34)n2)cc1. The molecule has 0 spiro atoms. The summed E-state index contributed by atoms with van der Waals surface area (Å²) in [5, 5.41) is 11.3. The highest BCUT2D eigenvalue weighted by molar-refractivity contribution is 6.18. The fourth-order valence-corrected chi connectivity index (χ4v) is 8.70. The molecule has 56 heavy (non-hydrogen) atoms. The van der Waals surface area contributed by atoms with E-state index in [2.05, 4.69) is 156 Å². The summed E-state index contributed by atoms with van der Waals surface area (Å²) in [6.07, 6.45) is 0. The summed E-state index contributed by atoms with van der Waals surface area (Å²) >= 11 is 0. The van der Waals surface area contributed by atoms with Crippen molar-refractivity contribution >= 4 is 76.1 Å². The summed E-state index contributed by atoms with van der Waals surface area (Å²) in [6, 6.07) is 63.8. The predicted octanol–water partition coefficient (Wildman–Crippen LogP) is 13.3. The van der Waals surface area contributed by atoms with Gasteiger partial charge < -0.3 is 8.98 Å². The molecule has 0 aliphatic carbocycles. The van der Waals surface area contributed by atoms with E-state index in [0.29, 0.717) is 17.5 Å². The molecular formula is C51H30N4O. The van der Waals surface area contributed by atoms with Crippen LogP contribution in [0.4, 0.5) is 0 Å². The molecule has 0 amide bonds. The van der Waals surface area contributed by atoms with E-state index in [9.17, 15) is 0 Å². The summed E-state index contributed by atoms with van der Waals surface area (Å²) in [6.45, 7) is 0. The molecule has 0 atom stereocenters. The van der Waals surface area contributed by atoms with Crippen molar-refractivity contribution in [1.82, 2.24) is 19.5 Å². The van der Waals surface area contributed by atoms with Crippen LogP contribution >= 0.6 is 0 Å². The van der Waals surface area contributed by atoms with Crippen LogP contribution < -0.4 is 0 Å². The average Bonchev–Trinajstić information content (AvgIpc) is 3.80. The Kier molecular flexibility index (Phi) is 6.56. The third-order valence-corrected chi connectivity index (χ3v) is 11.2. The highest BCUT2D eigenvalue weighted by Crippen LogP contribution is 2.44. The van der Waals surface area contributed by atoms with Crippen molar-refractivity contribution in [3.05, 3.63) is 182 Å². The van der Waals surface area contributed by atoms with Gasteiger partial charge in [0.2, 0.25) is 0 Å². The van der Waals surface area contributed by atoms with Crippen LogP contribution in [0.25, 0.3) is 116 Å². The molecule has 0 saturated carbocycles. The molecule has 0 bridgehead atoms. The topological polar surface area (TPSA) is 56.7 Å². The number of para-hydroxylation sites is 2. The molecule has 5 nitrogen and oxygen atoms in total. The number of hydrogen-bond donors (Lipinski definition) is 0. The van der Waals surface area contributed by atoms with Crippen molar-refractivity contribution in [2.75, 3.05) is 0 Å². The number of hydrogen-bond acceptors (Lipinski definition) is 4. The lowest BCUT2D eigenvalue weighted by Gasteiger charge is -2.16. The second-order valence-corrected chi connectivity index (χ2v) is 14.4. The van der Waals surface area contributed by atoms with Crippen LogP contribution in [-0.4, -0.2) is 19.5 Å². The molecular weight excluding hydrogens is 685 g/mol. The normalized spacial score (nSPS) is 11.9. The predicted molar refractivity (Wildman–Crippen MR) is 230 cm³/mol. The highest BCUT2D eigenvalue weighted by atomic mass is 16.3. The average molecular weight is 715 g/mol. The van der Waals surface area contributed by atoms with Gasteiger partial charge in [0.15, 0.2) is 17.5 Å². The zero-order valence-corrected chi connectivity index (χ0v) is 30.0. The summed E-state index contributed by atoms with van der Waals surface area (Å²) in [5.41, 5.74) is 7.51. The van der Waals surface area contributed by atoms with Crippen molar-refractivity contribution in [2.24, 2.45) is 0 Å². The van der Waals surface area contributed by atoms with E-state index < -0.39 is 0 Å². The molecule has 0 aliphatic rings. The Morgan fingerprint density at radius 1 is 0.375 bits per heavy atom. The van der Waals surface area contributed by atoms with E-state index >= 15 is 0 Å². The molecule has 3 aromatic heterocycles. The highest BCUT2D eigenvalue weighted by Gasteiger charge is 2.25. The van der Waals surface area contributed by atoms with Crippen LogP contribution in [0.2, 0.25) is 0 Å². The van der Waals surface area contributed by atoms with Crippen LogP contribution in [0, 0.1) is 0 Å². The summed E-state index contributed by atoms with van der Waals surface area (Å²) in [5.74, 6) is 1.79. The molecule has 0 unspecified atom stereocenters. The van der Waals surface area contributed by atoms with Gasteiger partial charge in [-0.1, -0.05) is 140 Å². The first-order valence-electron chi connectivity index (χ1n) is 18.9. The number of fused-ring (bicyclic) bond motifs is 10. The fourth-order valence-electron chi connectivity index (χ4n) is 8.70. The Hall–Kier alpha value is -7.63. The van der Waals surface area contributed by atoms with Crippen LogP contribution in [0.5, 0.6) is 0 Å². The van der Waals surface area contributed by atoms with E-state index in [1.165, 1.54) is 26.9 Å². The monoisotopic (exact) mass is 714 g/mol. The quantitative estimate of drug-likeness (QED) is 0.170. The van der Waals surface area contributed by atoms with Crippen molar-refractivity contribution in [3.63, 3.8) is 0 Å². The van der Waals surface area contributed by atoms with Gasteiger partial charge in [-0.2, -0.15) is 0 Å². The van der Waals surface area contributed by atoms with Gasteiger partial charge in [0.1, 0.15) is 11.2 Å². The molecule has 12 aromatic rings. The fraction of sp³-hybridized carbons (Fsp3) is 0. The summed E-state index contributed by atoms with van der Waals surface area (Å²) < 4.78 is 8.95. The Bertz CT molecular complexity index is 3540. The molecule has 0 N–H and O–H groups in total. The third kappa shape index (κ3) is 4.58. The molecule has 0 radical (unpaired) electrons. The maximum atomic E-state index is 6.57. The Morgan fingerprint density at radius 2 is 1.00 bits per heavy atom. The minimum absolute atomic E-state index is 0.574. The van der Waals surface area contributed by atoms with Gasteiger partial charge in [0.25, 0.3) is 0 Å². The second-order valence-electron chi connectivity index (χ2n) is 14.4. The number of furan rings is 1. The largest absolute Gasteiger partial charge is 0.456 e. The van der Waals surface area contributed by atoms with Crippen LogP contribution in [-0.2, 0) is 0 Å². The molecule has 0 aliphatic heterocycles. The summed E-state index contributed by atoms with van der Waals surface area (Å²) in [7, 11) is 0. The van der Waals surface area contributed by atoms with Gasteiger partial charge in [-0.15, -0.1) is 0 Å². The van der Waals surface area contributed by atoms with Crippen LogP contribution in [0.15, 0.2) is 186 Å². The van der Waals surface area contributed by atoms with E-state index in [1.54, 1.807) is 0 Å².